The number of aryl methyl sites for hydroxylation is 1. The highest BCUT2D eigenvalue weighted by atomic mass is 35.5. The molecule has 2 heterocycles. The van der Waals surface area contributed by atoms with Gasteiger partial charge in [0.1, 0.15) is 5.82 Å². The Kier molecular flexibility index (Phi) is 5.78. The van der Waals surface area contributed by atoms with Crippen molar-refractivity contribution in [3.05, 3.63) is 47.5 Å². The number of hydrogen-bond donors (Lipinski definition) is 0. The molecule has 6 nitrogen and oxygen atoms in total. The first-order valence-corrected chi connectivity index (χ1v) is 10.3. The molecule has 1 saturated heterocycles. The number of nitrogens with zero attached hydrogens (tertiary/aromatic N) is 4. The second-order valence-electron chi connectivity index (χ2n) is 6.09. The molecule has 0 N–H and O–H groups in total. The van der Waals surface area contributed by atoms with E-state index in [0.29, 0.717) is 23.0 Å². The second kappa shape index (κ2) is 7.86. The molecule has 0 amide bonds. The van der Waals surface area contributed by atoms with E-state index in [-0.39, 0.29) is 0 Å². The third kappa shape index (κ3) is 4.23. The Morgan fingerprint density at radius 2 is 1.76 bits per heavy atom. The Labute approximate surface area is 154 Å². The lowest BCUT2D eigenvalue weighted by molar-refractivity contribution is 0.182. The minimum absolute atomic E-state index is 0.302. The zero-order valence-electron chi connectivity index (χ0n) is 14.3. The lowest BCUT2D eigenvalue weighted by Gasteiger charge is -2.34. The fraction of sp³-hybridized carbons (Fsp3) is 0.471. The number of sulfonamides is 1. The first kappa shape index (κ1) is 18.4. The molecule has 0 aliphatic carbocycles. The lowest BCUT2D eigenvalue weighted by Crippen LogP contribution is -2.49. The summed E-state index contributed by atoms with van der Waals surface area (Å²) in [5.41, 5.74) is 0. The molecule has 1 aliphatic rings. The van der Waals surface area contributed by atoms with E-state index >= 15 is 0 Å². The van der Waals surface area contributed by atoms with Gasteiger partial charge in [0.15, 0.2) is 0 Å². The van der Waals surface area contributed by atoms with Crippen molar-refractivity contribution in [2.24, 2.45) is 0 Å². The highest BCUT2D eigenvalue weighted by Crippen LogP contribution is 2.19. The number of halogens is 1. The van der Waals surface area contributed by atoms with Crippen LogP contribution in [0.1, 0.15) is 12.7 Å². The molecular formula is C17H23ClN4O2S. The normalized spacial score (nSPS) is 17.0. The van der Waals surface area contributed by atoms with Gasteiger partial charge in [-0.25, -0.2) is 13.4 Å². The monoisotopic (exact) mass is 382 g/mol. The first-order chi connectivity index (χ1) is 12.0. The van der Waals surface area contributed by atoms with Gasteiger partial charge < -0.3 is 4.57 Å². The smallest absolute Gasteiger partial charge is 0.243 e. The quantitative estimate of drug-likeness (QED) is 0.767. The van der Waals surface area contributed by atoms with Gasteiger partial charge in [0.05, 0.1) is 4.90 Å². The molecule has 0 atom stereocenters. The van der Waals surface area contributed by atoms with Crippen molar-refractivity contribution in [2.75, 3.05) is 32.7 Å². The van der Waals surface area contributed by atoms with Gasteiger partial charge in [0.25, 0.3) is 0 Å². The van der Waals surface area contributed by atoms with Crippen LogP contribution in [-0.4, -0.2) is 59.9 Å². The summed E-state index contributed by atoms with van der Waals surface area (Å²) in [5.74, 6) is 1.09. The predicted molar refractivity (Wildman–Crippen MR) is 98.3 cm³/mol. The van der Waals surface area contributed by atoms with Gasteiger partial charge in [-0.05, 0) is 24.3 Å². The standard InChI is InChI=1S/C17H23ClN4O2S/c1-2-17-19-7-8-21(17)12-9-20-10-13-22(14-11-20)25(23,24)16-5-3-15(18)4-6-16/h3-8H,2,9-14H2,1H3. The van der Waals surface area contributed by atoms with Crippen LogP contribution in [0.15, 0.2) is 41.6 Å². The minimum Gasteiger partial charge on any atom is -0.334 e. The maximum Gasteiger partial charge on any atom is 0.243 e. The lowest BCUT2D eigenvalue weighted by atomic mass is 10.3. The summed E-state index contributed by atoms with van der Waals surface area (Å²) in [6, 6.07) is 6.35. The maximum absolute atomic E-state index is 12.7. The fourth-order valence-corrected chi connectivity index (χ4v) is 4.60. The van der Waals surface area contributed by atoms with Crippen LogP contribution >= 0.6 is 11.6 Å². The number of aromatic nitrogens is 2. The van der Waals surface area contributed by atoms with E-state index < -0.39 is 10.0 Å². The van der Waals surface area contributed by atoms with Crippen LogP contribution in [0.25, 0.3) is 0 Å². The van der Waals surface area contributed by atoms with E-state index in [4.69, 9.17) is 11.6 Å². The van der Waals surface area contributed by atoms with Crippen molar-refractivity contribution in [3.8, 4) is 0 Å². The number of rotatable bonds is 6. The second-order valence-corrected chi connectivity index (χ2v) is 8.46. The van der Waals surface area contributed by atoms with Gasteiger partial charge >= 0.3 is 0 Å². The van der Waals surface area contributed by atoms with Gasteiger partial charge in [0.2, 0.25) is 10.0 Å². The summed E-state index contributed by atoms with van der Waals surface area (Å²) in [5, 5.41) is 0.537. The molecule has 1 fully saturated rings. The highest BCUT2D eigenvalue weighted by Gasteiger charge is 2.28. The third-order valence-electron chi connectivity index (χ3n) is 4.56. The molecule has 1 aromatic carbocycles. The number of hydrogen-bond acceptors (Lipinski definition) is 4. The van der Waals surface area contributed by atoms with Crippen LogP contribution < -0.4 is 0 Å². The molecule has 136 valence electrons. The highest BCUT2D eigenvalue weighted by molar-refractivity contribution is 7.89. The third-order valence-corrected chi connectivity index (χ3v) is 6.72. The van der Waals surface area contributed by atoms with Crippen molar-refractivity contribution in [1.82, 2.24) is 18.8 Å². The summed E-state index contributed by atoms with van der Waals surface area (Å²) in [6.45, 7) is 6.38. The largest absolute Gasteiger partial charge is 0.334 e. The molecule has 25 heavy (non-hydrogen) atoms. The summed E-state index contributed by atoms with van der Waals surface area (Å²) in [6.07, 6.45) is 4.75. The zero-order chi connectivity index (χ0) is 17.9. The van der Waals surface area contributed by atoms with E-state index in [1.807, 2.05) is 12.4 Å². The summed E-state index contributed by atoms with van der Waals surface area (Å²) >= 11 is 5.84. The van der Waals surface area contributed by atoms with Crippen molar-refractivity contribution in [3.63, 3.8) is 0 Å². The van der Waals surface area contributed by atoms with Crippen LogP contribution in [0.4, 0.5) is 0 Å². The Bertz CT molecular complexity index is 796. The van der Waals surface area contributed by atoms with Crippen molar-refractivity contribution in [2.45, 2.75) is 24.8 Å². The number of piperazine rings is 1. The van der Waals surface area contributed by atoms with Gasteiger partial charge in [-0.3, -0.25) is 4.90 Å². The number of imidazole rings is 1. The molecule has 0 spiro atoms. The summed E-state index contributed by atoms with van der Waals surface area (Å²) in [7, 11) is -3.44. The molecule has 2 aromatic rings. The molecule has 0 saturated carbocycles. The average Bonchev–Trinajstić information content (AvgIpc) is 3.08. The molecule has 8 heteroatoms. The van der Waals surface area contributed by atoms with Crippen LogP contribution in [-0.2, 0) is 23.0 Å². The summed E-state index contributed by atoms with van der Waals surface area (Å²) in [4.78, 5) is 6.93. The SMILES string of the molecule is CCc1nccn1CCN1CCN(S(=O)(=O)c2ccc(Cl)cc2)CC1. The van der Waals surface area contributed by atoms with Crippen molar-refractivity contribution < 1.29 is 8.42 Å². The van der Waals surface area contributed by atoms with Crippen molar-refractivity contribution in [1.29, 1.82) is 0 Å². The zero-order valence-corrected chi connectivity index (χ0v) is 15.9. The average molecular weight is 383 g/mol. The predicted octanol–water partition coefficient (Wildman–Crippen LogP) is 2.11. The van der Waals surface area contributed by atoms with Crippen LogP contribution in [0.2, 0.25) is 5.02 Å². The minimum atomic E-state index is -3.44. The van der Waals surface area contributed by atoms with Crippen LogP contribution in [0.5, 0.6) is 0 Å². The van der Waals surface area contributed by atoms with Gasteiger partial charge in [-0.15, -0.1) is 0 Å². The van der Waals surface area contributed by atoms with Gasteiger partial charge in [-0.2, -0.15) is 4.31 Å². The van der Waals surface area contributed by atoms with E-state index in [1.165, 1.54) is 0 Å². The molecule has 0 unspecified atom stereocenters. The van der Waals surface area contributed by atoms with E-state index in [9.17, 15) is 8.42 Å². The topological polar surface area (TPSA) is 58.4 Å². The summed E-state index contributed by atoms with van der Waals surface area (Å²) < 4.78 is 29.1. The molecule has 0 radical (unpaired) electrons. The Morgan fingerprint density at radius 1 is 1.08 bits per heavy atom. The molecular weight excluding hydrogens is 360 g/mol. The Balaban J connectivity index is 1.55. The first-order valence-electron chi connectivity index (χ1n) is 8.49. The van der Waals surface area contributed by atoms with E-state index in [0.717, 1.165) is 38.4 Å². The molecule has 3 rings (SSSR count). The number of benzene rings is 1. The molecule has 1 aliphatic heterocycles. The van der Waals surface area contributed by atoms with Gasteiger partial charge in [0, 0.05) is 63.1 Å². The Morgan fingerprint density at radius 3 is 2.40 bits per heavy atom. The van der Waals surface area contributed by atoms with E-state index in [2.05, 4.69) is 21.4 Å². The molecule has 0 bridgehead atoms. The Hall–Kier alpha value is -1.41. The van der Waals surface area contributed by atoms with E-state index in [1.54, 1.807) is 28.6 Å². The fourth-order valence-electron chi connectivity index (χ4n) is 3.06. The molecule has 1 aromatic heterocycles. The van der Waals surface area contributed by atoms with Crippen LogP contribution in [0, 0.1) is 0 Å². The van der Waals surface area contributed by atoms with Crippen molar-refractivity contribution >= 4 is 21.6 Å². The van der Waals surface area contributed by atoms with Crippen LogP contribution in [0.3, 0.4) is 0 Å². The maximum atomic E-state index is 12.7. The van der Waals surface area contributed by atoms with Gasteiger partial charge in [-0.1, -0.05) is 18.5 Å².